The molecule has 9 nitrogen and oxygen atoms in total. The van der Waals surface area contributed by atoms with E-state index in [-0.39, 0.29) is 17.0 Å². The van der Waals surface area contributed by atoms with E-state index in [9.17, 15) is 29.3 Å². The first kappa shape index (κ1) is 23.6. The van der Waals surface area contributed by atoms with Gasteiger partial charge in [0, 0.05) is 16.7 Å². The smallest absolute Gasteiger partial charge is 0.282 e. The zero-order chi connectivity index (χ0) is 24.6. The number of benzene rings is 2. The lowest BCUT2D eigenvalue weighted by Crippen LogP contribution is -2.52. The van der Waals surface area contributed by atoms with E-state index in [4.69, 9.17) is 11.6 Å². The molecule has 1 saturated heterocycles. The summed E-state index contributed by atoms with van der Waals surface area (Å²) < 4.78 is 0. The molecule has 1 heterocycles. The van der Waals surface area contributed by atoms with Crippen molar-refractivity contribution in [1.29, 1.82) is 0 Å². The molecule has 2 fully saturated rings. The van der Waals surface area contributed by atoms with Gasteiger partial charge < -0.3 is 0 Å². The average molecular weight is 484 g/mol. The maximum atomic E-state index is 13.5. The van der Waals surface area contributed by atoms with Gasteiger partial charge in [0.15, 0.2) is 5.78 Å². The first-order chi connectivity index (χ1) is 16.2. The number of para-hydroxylation sites is 1. The number of imide groups is 1. The van der Waals surface area contributed by atoms with Crippen molar-refractivity contribution in [2.75, 3.05) is 6.54 Å². The Morgan fingerprint density at radius 3 is 2.38 bits per heavy atom. The number of carbonyl (C=O) groups is 4. The van der Waals surface area contributed by atoms with Gasteiger partial charge in [-0.3, -0.25) is 29.3 Å². The number of rotatable bonds is 6. The van der Waals surface area contributed by atoms with E-state index in [0.29, 0.717) is 17.9 Å². The number of hydrazine groups is 1. The molecular weight excluding hydrogens is 462 g/mol. The van der Waals surface area contributed by atoms with Gasteiger partial charge >= 0.3 is 0 Å². The van der Waals surface area contributed by atoms with E-state index >= 15 is 0 Å². The summed E-state index contributed by atoms with van der Waals surface area (Å²) in [5.74, 6) is -3.54. The number of fused-ring (bicyclic) bond motifs is 1. The van der Waals surface area contributed by atoms with Crippen molar-refractivity contribution >= 4 is 40.8 Å². The van der Waals surface area contributed by atoms with Crippen LogP contribution in [-0.4, -0.2) is 45.0 Å². The molecule has 0 bridgehead atoms. The molecule has 0 aromatic heterocycles. The van der Waals surface area contributed by atoms with Gasteiger partial charge in [-0.2, -0.15) is 5.01 Å². The second-order valence-corrected chi connectivity index (χ2v) is 9.12. The molecule has 0 N–H and O–H groups in total. The molecule has 3 amide bonds. The third kappa shape index (κ3) is 4.31. The summed E-state index contributed by atoms with van der Waals surface area (Å²) in [6.07, 6.45) is 1.78. The number of ketones is 1. The zero-order valence-corrected chi connectivity index (χ0v) is 19.1. The van der Waals surface area contributed by atoms with E-state index in [1.807, 2.05) is 6.92 Å². The molecule has 1 aliphatic heterocycles. The van der Waals surface area contributed by atoms with Crippen LogP contribution in [0.5, 0.6) is 0 Å². The number of halogens is 1. The summed E-state index contributed by atoms with van der Waals surface area (Å²) in [6, 6.07) is 11.2. The SMILES string of the molecule is C[C@@H]1CC[C@H]2C(=O)N(N(CC(=O)c3ccc(Cl)cc3)C(=O)c3ccccc3[N+](=O)[O-])C(=O)[C@@H]2C1. The van der Waals surface area contributed by atoms with E-state index in [1.165, 1.54) is 42.5 Å². The lowest BCUT2D eigenvalue weighted by Gasteiger charge is -2.30. The molecule has 3 atom stereocenters. The molecular formula is C24H22ClN3O6. The zero-order valence-electron chi connectivity index (χ0n) is 18.3. The Bertz CT molecular complexity index is 1180. The summed E-state index contributed by atoms with van der Waals surface area (Å²) in [4.78, 5) is 63.9. The number of amides is 3. The Kier molecular flexibility index (Phi) is 6.47. The number of carbonyl (C=O) groups excluding carboxylic acids is 4. The van der Waals surface area contributed by atoms with E-state index in [1.54, 1.807) is 0 Å². The molecule has 1 saturated carbocycles. The van der Waals surface area contributed by atoms with Gasteiger partial charge in [-0.1, -0.05) is 30.7 Å². The Labute approximate surface area is 200 Å². The number of nitrogens with zero attached hydrogens (tertiary/aromatic N) is 3. The summed E-state index contributed by atoms with van der Waals surface area (Å²) in [6.45, 7) is 1.36. The third-order valence-electron chi connectivity index (χ3n) is 6.43. The first-order valence-corrected chi connectivity index (χ1v) is 11.3. The number of Topliss-reactive ketones (excluding diaryl/α,β-unsaturated/α-hetero) is 1. The van der Waals surface area contributed by atoms with Gasteiger partial charge in [0.2, 0.25) is 0 Å². The highest BCUT2D eigenvalue weighted by Crippen LogP contribution is 2.41. The predicted octanol–water partition coefficient (Wildman–Crippen LogP) is 3.91. The minimum atomic E-state index is -0.969. The highest BCUT2D eigenvalue weighted by atomic mass is 35.5. The molecule has 0 unspecified atom stereocenters. The summed E-state index contributed by atoms with van der Waals surface area (Å²) in [5.41, 5.74) is -0.586. The van der Waals surface area contributed by atoms with Crippen molar-refractivity contribution in [2.45, 2.75) is 26.2 Å². The molecule has 2 aromatic rings. The van der Waals surface area contributed by atoms with Gasteiger partial charge in [0.05, 0.1) is 16.8 Å². The van der Waals surface area contributed by atoms with E-state index in [0.717, 1.165) is 22.5 Å². The lowest BCUT2D eigenvalue weighted by atomic mass is 9.76. The van der Waals surface area contributed by atoms with Crippen LogP contribution in [-0.2, 0) is 9.59 Å². The van der Waals surface area contributed by atoms with Gasteiger partial charge in [0.1, 0.15) is 12.1 Å². The van der Waals surface area contributed by atoms with Crippen LogP contribution in [0.4, 0.5) is 5.69 Å². The molecule has 34 heavy (non-hydrogen) atoms. The number of hydrogen-bond donors (Lipinski definition) is 0. The van der Waals surface area contributed by atoms with Crippen molar-refractivity contribution in [3.05, 3.63) is 74.8 Å². The second kappa shape index (κ2) is 9.34. The van der Waals surface area contributed by atoms with Crippen molar-refractivity contribution in [3.8, 4) is 0 Å². The fraction of sp³-hybridized carbons (Fsp3) is 0.333. The number of nitro benzene ring substituents is 1. The van der Waals surface area contributed by atoms with Crippen LogP contribution in [0, 0.1) is 27.9 Å². The number of hydrogen-bond acceptors (Lipinski definition) is 6. The second-order valence-electron chi connectivity index (χ2n) is 8.69. The largest absolute Gasteiger partial charge is 0.292 e. The van der Waals surface area contributed by atoms with Gasteiger partial charge in [0.25, 0.3) is 23.4 Å². The third-order valence-corrected chi connectivity index (χ3v) is 6.68. The average Bonchev–Trinajstić information content (AvgIpc) is 3.06. The standard InChI is InChI=1S/C24H22ClN3O6/c1-14-6-11-17-19(12-14)24(32)27(23(17)31)26(13-21(29)15-7-9-16(25)10-8-15)22(30)18-4-2-3-5-20(18)28(33)34/h2-5,7-10,14,17,19H,6,11-13H2,1H3/t14-,17-,19-/m1/s1. The fourth-order valence-corrected chi connectivity index (χ4v) is 4.79. The summed E-state index contributed by atoms with van der Waals surface area (Å²) in [7, 11) is 0. The molecule has 4 rings (SSSR count). The van der Waals surface area contributed by atoms with Crippen LogP contribution in [0.1, 0.15) is 46.9 Å². The monoisotopic (exact) mass is 483 g/mol. The Balaban J connectivity index is 1.74. The molecule has 0 radical (unpaired) electrons. The fourth-order valence-electron chi connectivity index (χ4n) is 4.66. The topological polar surface area (TPSA) is 118 Å². The van der Waals surface area contributed by atoms with Crippen molar-refractivity contribution < 1.29 is 24.1 Å². The quantitative estimate of drug-likeness (QED) is 0.266. The minimum absolute atomic E-state index is 0.217. The van der Waals surface area contributed by atoms with Gasteiger partial charge in [-0.05, 0) is 55.5 Å². The highest BCUT2D eigenvalue weighted by molar-refractivity contribution is 6.30. The maximum Gasteiger partial charge on any atom is 0.282 e. The van der Waals surface area contributed by atoms with Crippen LogP contribution >= 0.6 is 11.6 Å². The highest BCUT2D eigenvalue weighted by Gasteiger charge is 2.53. The van der Waals surface area contributed by atoms with Gasteiger partial charge in [-0.15, -0.1) is 0 Å². The van der Waals surface area contributed by atoms with Crippen LogP contribution in [0.25, 0.3) is 0 Å². The molecule has 176 valence electrons. The molecule has 2 aliphatic rings. The van der Waals surface area contributed by atoms with Crippen molar-refractivity contribution in [2.24, 2.45) is 17.8 Å². The minimum Gasteiger partial charge on any atom is -0.292 e. The molecule has 2 aromatic carbocycles. The Morgan fingerprint density at radius 2 is 1.71 bits per heavy atom. The Hall–Kier alpha value is -3.59. The van der Waals surface area contributed by atoms with Gasteiger partial charge in [-0.25, -0.2) is 5.01 Å². The molecule has 1 aliphatic carbocycles. The normalized spacial score (nSPS) is 21.8. The summed E-state index contributed by atoms with van der Waals surface area (Å²) >= 11 is 5.89. The van der Waals surface area contributed by atoms with Crippen molar-refractivity contribution in [1.82, 2.24) is 10.0 Å². The van der Waals surface area contributed by atoms with Crippen LogP contribution in [0.2, 0.25) is 5.02 Å². The van der Waals surface area contributed by atoms with E-state index in [2.05, 4.69) is 0 Å². The predicted molar refractivity (Wildman–Crippen MR) is 122 cm³/mol. The van der Waals surface area contributed by atoms with Crippen molar-refractivity contribution in [3.63, 3.8) is 0 Å². The van der Waals surface area contributed by atoms with E-state index < -0.39 is 52.5 Å². The molecule has 10 heteroatoms. The van der Waals surface area contributed by atoms with Crippen LogP contribution < -0.4 is 0 Å². The summed E-state index contributed by atoms with van der Waals surface area (Å²) in [5, 5.41) is 13.4. The van der Waals surface area contributed by atoms with Crippen LogP contribution in [0.15, 0.2) is 48.5 Å². The lowest BCUT2D eigenvalue weighted by molar-refractivity contribution is -0.385. The maximum absolute atomic E-state index is 13.5. The molecule has 0 spiro atoms. The Morgan fingerprint density at radius 1 is 1.06 bits per heavy atom. The number of nitro groups is 1. The first-order valence-electron chi connectivity index (χ1n) is 10.9. The van der Waals surface area contributed by atoms with Crippen LogP contribution in [0.3, 0.4) is 0 Å².